The van der Waals surface area contributed by atoms with Crippen molar-refractivity contribution in [1.82, 2.24) is 30.1 Å². The molecule has 0 aliphatic rings. The van der Waals surface area contributed by atoms with Gasteiger partial charge < -0.3 is 15.4 Å². The molecule has 0 atom stereocenters. The first-order valence-corrected chi connectivity index (χ1v) is 13.1. The topological polar surface area (TPSA) is 132 Å². The zero-order chi connectivity index (χ0) is 28.6. The number of aromatic nitrogens is 6. The van der Waals surface area contributed by atoms with Crippen LogP contribution in [0.4, 0.5) is 10.1 Å². The molecule has 0 saturated heterocycles. The maximum absolute atomic E-state index is 14.0. The first-order valence-electron chi connectivity index (χ1n) is 13.1. The van der Waals surface area contributed by atoms with Gasteiger partial charge in [0.25, 0.3) is 0 Å². The number of phenols is 1. The number of aromatic amines is 2. The van der Waals surface area contributed by atoms with Gasteiger partial charge in [0.05, 0.1) is 47.1 Å². The lowest BCUT2D eigenvalue weighted by Crippen LogP contribution is -2.14. The number of aromatic hydroxyl groups is 1. The van der Waals surface area contributed by atoms with Gasteiger partial charge in [-0.15, -0.1) is 0 Å². The predicted octanol–water partition coefficient (Wildman–Crippen LogP) is 6.26. The lowest BCUT2D eigenvalue weighted by molar-refractivity contribution is -0.115. The molecule has 0 aliphatic heterocycles. The predicted molar refractivity (Wildman–Crippen MR) is 158 cm³/mol. The Bertz CT molecular complexity index is 2080. The second-order valence-corrected chi connectivity index (χ2v) is 9.86. The van der Waals surface area contributed by atoms with Crippen molar-refractivity contribution in [2.24, 2.45) is 0 Å². The Morgan fingerprint density at radius 1 is 0.857 bits per heavy atom. The highest BCUT2D eigenvalue weighted by molar-refractivity contribution is 6.00. The smallest absolute Gasteiger partial charge is 0.228 e. The number of amides is 1. The molecule has 4 N–H and O–H groups in total. The van der Waals surface area contributed by atoms with Crippen molar-refractivity contribution < 1.29 is 14.3 Å². The fourth-order valence-corrected chi connectivity index (χ4v) is 5.04. The number of nitrogens with one attached hydrogen (secondary N) is 3. The Balaban J connectivity index is 1.22. The third kappa shape index (κ3) is 4.81. The van der Waals surface area contributed by atoms with Crippen LogP contribution in [0.2, 0.25) is 0 Å². The van der Waals surface area contributed by atoms with E-state index in [2.05, 4.69) is 35.5 Å². The minimum absolute atomic E-state index is 0.137. The van der Waals surface area contributed by atoms with Crippen molar-refractivity contribution in [3.05, 3.63) is 109 Å². The number of pyridine rings is 3. The first kappa shape index (κ1) is 25.1. The summed E-state index contributed by atoms with van der Waals surface area (Å²) >= 11 is 0. The summed E-state index contributed by atoms with van der Waals surface area (Å²) in [7, 11) is 0. The zero-order valence-electron chi connectivity index (χ0n) is 22.0. The van der Waals surface area contributed by atoms with Crippen LogP contribution < -0.4 is 5.32 Å². The van der Waals surface area contributed by atoms with Crippen LogP contribution in [0, 0.1) is 5.82 Å². The van der Waals surface area contributed by atoms with Crippen LogP contribution in [0.25, 0.3) is 55.7 Å². The average molecular weight is 556 g/mol. The number of H-pyrrole nitrogens is 2. The standard InChI is InChI=1S/C32H22FN7O2/c33-21-9-19(11-23(41)12-21)31-24-14-28(38-26(24)6-7-35-31)32-25-13-27(36-17-29(25)39-40-32)20-10-22(16-34-15-20)37-30(42)8-18-4-2-1-3-5-18/h1-7,9-17,38,41H,8H2,(H,37,42)(H,39,40). The number of hydrogen-bond acceptors (Lipinski definition) is 6. The summed E-state index contributed by atoms with van der Waals surface area (Å²) in [5, 5.41) is 22.0. The molecule has 5 aromatic heterocycles. The molecule has 9 nitrogen and oxygen atoms in total. The molecule has 5 heterocycles. The van der Waals surface area contributed by atoms with Crippen molar-refractivity contribution in [3.63, 3.8) is 0 Å². The quantitative estimate of drug-likeness (QED) is 0.192. The molecule has 0 aliphatic carbocycles. The summed E-state index contributed by atoms with van der Waals surface area (Å²) in [5.74, 6) is -0.860. The molecule has 42 heavy (non-hydrogen) atoms. The van der Waals surface area contributed by atoms with Crippen molar-refractivity contribution >= 4 is 33.4 Å². The molecule has 0 saturated carbocycles. The summed E-state index contributed by atoms with van der Waals surface area (Å²) in [4.78, 5) is 29.3. The molecule has 0 bridgehead atoms. The first-order chi connectivity index (χ1) is 20.5. The minimum Gasteiger partial charge on any atom is -0.508 e. The van der Waals surface area contributed by atoms with E-state index >= 15 is 0 Å². The van der Waals surface area contributed by atoms with Gasteiger partial charge >= 0.3 is 0 Å². The van der Waals surface area contributed by atoms with Crippen LogP contribution in [0.3, 0.4) is 0 Å². The number of benzene rings is 2. The van der Waals surface area contributed by atoms with Crippen LogP contribution >= 0.6 is 0 Å². The van der Waals surface area contributed by atoms with Gasteiger partial charge in [-0.25, -0.2) is 4.39 Å². The lowest BCUT2D eigenvalue weighted by Gasteiger charge is -2.07. The Morgan fingerprint density at radius 2 is 1.71 bits per heavy atom. The van der Waals surface area contributed by atoms with Gasteiger partial charge in [0.15, 0.2) is 0 Å². The fraction of sp³-hybridized carbons (Fsp3) is 0.0312. The van der Waals surface area contributed by atoms with Gasteiger partial charge in [-0.2, -0.15) is 5.10 Å². The van der Waals surface area contributed by atoms with Gasteiger partial charge in [0.1, 0.15) is 17.3 Å². The number of halogens is 1. The van der Waals surface area contributed by atoms with Gasteiger partial charge in [0.2, 0.25) is 5.91 Å². The number of carbonyl (C=O) groups is 1. The average Bonchev–Trinajstić information content (AvgIpc) is 3.61. The largest absolute Gasteiger partial charge is 0.508 e. The third-order valence-corrected chi connectivity index (χ3v) is 6.93. The van der Waals surface area contributed by atoms with Crippen molar-refractivity contribution in [2.75, 3.05) is 5.32 Å². The van der Waals surface area contributed by atoms with Gasteiger partial charge in [-0.1, -0.05) is 30.3 Å². The second-order valence-electron chi connectivity index (χ2n) is 9.86. The Morgan fingerprint density at radius 3 is 2.57 bits per heavy atom. The van der Waals surface area contributed by atoms with Crippen molar-refractivity contribution in [1.29, 1.82) is 0 Å². The monoisotopic (exact) mass is 555 g/mol. The molecule has 0 radical (unpaired) electrons. The van der Waals surface area contributed by atoms with Gasteiger partial charge in [-0.05, 0) is 42.0 Å². The lowest BCUT2D eigenvalue weighted by atomic mass is 10.1. The summed E-state index contributed by atoms with van der Waals surface area (Å²) in [6, 6.07) is 20.9. The van der Waals surface area contributed by atoms with Crippen LogP contribution in [0.1, 0.15) is 5.56 Å². The number of anilines is 1. The van der Waals surface area contributed by atoms with Gasteiger partial charge in [-0.3, -0.25) is 24.8 Å². The molecule has 204 valence electrons. The summed E-state index contributed by atoms with van der Waals surface area (Å²) in [6.45, 7) is 0. The maximum atomic E-state index is 14.0. The molecule has 1 amide bonds. The number of hydrogen-bond donors (Lipinski definition) is 4. The van der Waals surface area contributed by atoms with E-state index in [0.717, 1.165) is 44.7 Å². The number of fused-ring (bicyclic) bond motifs is 2. The molecule has 2 aromatic carbocycles. The van der Waals surface area contributed by atoms with Crippen LogP contribution in [-0.2, 0) is 11.2 Å². The molecule has 0 spiro atoms. The Kier molecular flexibility index (Phi) is 6.12. The third-order valence-electron chi connectivity index (χ3n) is 6.93. The van der Waals surface area contributed by atoms with E-state index in [4.69, 9.17) is 0 Å². The molecular weight excluding hydrogens is 533 g/mol. The number of carbonyl (C=O) groups excluding carboxylic acids is 1. The van der Waals surface area contributed by atoms with E-state index in [-0.39, 0.29) is 18.1 Å². The van der Waals surface area contributed by atoms with Crippen LogP contribution in [0.5, 0.6) is 5.75 Å². The second kappa shape index (κ2) is 10.3. The molecule has 0 fully saturated rings. The molecule has 7 rings (SSSR count). The van der Waals surface area contributed by atoms with E-state index < -0.39 is 5.82 Å². The highest BCUT2D eigenvalue weighted by Gasteiger charge is 2.16. The van der Waals surface area contributed by atoms with E-state index in [9.17, 15) is 14.3 Å². The fourth-order valence-electron chi connectivity index (χ4n) is 5.04. The summed E-state index contributed by atoms with van der Waals surface area (Å²) in [5.41, 5.74) is 6.79. The highest BCUT2D eigenvalue weighted by Crippen LogP contribution is 2.35. The van der Waals surface area contributed by atoms with E-state index in [1.54, 1.807) is 24.8 Å². The SMILES string of the molecule is O=C(Cc1ccccc1)Nc1cncc(-c2cc3c(-c4cc5c(-c6cc(O)cc(F)c6)nccc5[nH]4)n[nH]c3cn2)c1. The van der Waals surface area contributed by atoms with E-state index in [0.29, 0.717) is 28.3 Å². The van der Waals surface area contributed by atoms with Crippen LogP contribution in [-0.4, -0.2) is 41.1 Å². The number of nitrogens with zero attached hydrogens (tertiary/aromatic N) is 4. The Hall–Kier alpha value is -5.90. The zero-order valence-corrected chi connectivity index (χ0v) is 22.0. The maximum Gasteiger partial charge on any atom is 0.228 e. The van der Waals surface area contributed by atoms with Crippen molar-refractivity contribution in [3.8, 4) is 39.7 Å². The van der Waals surface area contributed by atoms with Crippen LogP contribution in [0.15, 0.2) is 97.6 Å². The highest BCUT2D eigenvalue weighted by atomic mass is 19.1. The molecule has 7 aromatic rings. The molecular formula is C32H22FN7O2. The Labute approximate surface area is 238 Å². The summed E-state index contributed by atoms with van der Waals surface area (Å²) in [6.07, 6.45) is 6.88. The summed E-state index contributed by atoms with van der Waals surface area (Å²) < 4.78 is 14.0. The van der Waals surface area contributed by atoms with Crippen molar-refractivity contribution in [2.45, 2.75) is 6.42 Å². The molecule has 0 unspecified atom stereocenters. The van der Waals surface area contributed by atoms with E-state index in [1.807, 2.05) is 54.6 Å². The van der Waals surface area contributed by atoms with Gasteiger partial charge in [0, 0.05) is 45.9 Å². The number of rotatable bonds is 6. The normalized spacial score (nSPS) is 11.3. The van der Waals surface area contributed by atoms with E-state index in [1.165, 1.54) is 12.1 Å². The minimum atomic E-state index is -0.549. The number of phenolic OH excluding ortho intramolecular Hbond substituents is 1. The molecule has 10 heteroatoms.